The summed E-state index contributed by atoms with van der Waals surface area (Å²) in [5, 5.41) is 2.54. The molecule has 1 aromatic rings. The minimum atomic E-state index is -2.79. The quantitative estimate of drug-likeness (QED) is 0.513. The molecule has 164 valence electrons. The SMILES string of the molecule is C=CCOP1(=O)CCC(c2c(F)cc(N3C[C@H](CNC(C)=O)OC3=O)cc2F)CC1. The third-order valence-corrected chi connectivity index (χ3v) is 7.80. The molecule has 0 spiro atoms. The van der Waals surface area contributed by atoms with E-state index >= 15 is 0 Å². The molecule has 2 amide bonds. The third-order valence-electron chi connectivity index (χ3n) is 5.30. The lowest BCUT2D eigenvalue weighted by atomic mass is 9.92. The number of amides is 2. The number of nitrogens with one attached hydrogen (secondary N) is 1. The molecule has 1 atom stereocenters. The Morgan fingerprint density at radius 1 is 1.37 bits per heavy atom. The molecule has 2 aliphatic heterocycles. The van der Waals surface area contributed by atoms with Gasteiger partial charge in [0.25, 0.3) is 0 Å². The maximum atomic E-state index is 14.8. The topological polar surface area (TPSA) is 84.9 Å². The Balaban J connectivity index is 1.71. The van der Waals surface area contributed by atoms with Crippen LogP contribution in [-0.2, 0) is 18.6 Å². The number of carbonyl (C=O) groups is 2. The van der Waals surface area contributed by atoms with Gasteiger partial charge in [-0.05, 0) is 30.9 Å². The highest BCUT2D eigenvalue weighted by Crippen LogP contribution is 2.54. The van der Waals surface area contributed by atoms with E-state index in [1.54, 1.807) is 0 Å². The van der Waals surface area contributed by atoms with Crippen LogP contribution in [0.3, 0.4) is 0 Å². The van der Waals surface area contributed by atoms with E-state index in [1.165, 1.54) is 13.0 Å². The summed E-state index contributed by atoms with van der Waals surface area (Å²) in [4.78, 5) is 24.2. The second-order valence-corrected chi connectivity index (χ2v) is 10.3. The fourth-order valence-corrected chi connectivity index (χ4v) is 6.05. The third kappa shape index (κ3) is 5.08. The molecule has 2 fully saturated rings. The fraction of sp³-hybridized carbons (Fsp3) is 0.500. The first kappa shape index (κ1) is 22.4. The lowest BCUT2D eigenvalue weighted by molar-refractivity contribution is -0.119. The van der Waals surface area contributed by atoms with E-state index in [0.717, 1.165) is 17.0 Å². The normalized spacial score (nSPS) is 26.4. The molecule has 0 aromatic heterocycles. The van der Waals surface area contributed by atoms with Gasteiger partial charge in [0.2, 0.25) is 13.3 Å². The summed E-state index contributed by atoms with van der Waals surface area (Å²) >= 11 is 0. The first-order valence-corrected chi connectivity index (χ1v) is 11.8. The summed E-state index contributed by atoms with van der Waals surface area (Å²) in [6.07, 6.45) is 1.42. The standard InChI is InChI=1S/C20H25F2N2O5P/c1-3-6-28-30(27)7-4-14(5-8-30)19-17(21)9-15(10-18(19)22)24-12-16(29-20(24)26)11-23-13(2)25/h3,9-10,14,16H,1,4-8,11-12H2,2H3,(H,23,25)/t14?,16-,30?/m0/s1. The Kier molecular flexibility index (Phi) is 6.93. The number of cyclic esters (lactones) is 1. The summed E-state index contributed by atoms with van der Waals surface area (Å²) in [5.41, 5.74) is -0.00375. The predicted octanol–water partition coefficient (Wildman–Crippen LogP) is 3.78. The summed E-state index contributed by atoms with van der Waals surface area (Å²) < 4.78 is 52.8. The van der Waals surface area contributed by atoms with E-state index < -0.39 is 37.1 Å². The predicted molar refractivity (Wildman–Crippen MR) is 108 cm³/mol. The molecular formula is C20H25F2N2O5P. The Morgan fingerprint density at radius 2 is 2.00 bits per heavy atom. The van der Waals surface area contributed by atoms with Gasteiger partial charge in [0.05, 0.1) is 25.4 Å². The Morgan fingerprint density at radius 3 is 2.57 bits per heavy atom. The highest BCUT2D eigenvalue weighted by atomic mass is 31.2. The second-order valence-electron chi connectivity index (χ2n) is 7.50. The number of benzene rings is 1. The van der Waals surface area contributed by atoms with Gasteiger partial charge in [0, 0.05) is 24.8 Å². The van der Waals surface area contributed by atoms with Crippen LogP contribution in [-0.4, -0.2) is 50.1 Å². The Bertz CT molecular complexity index is 859. The smallest absolute Gasteiger partial charge is 0.414 e. The molecule has 1 aromatic carbocycles. The van der Waals surface area contributed by atoms with Crippen LogP contribution in [0.1, 0.15) is 31.2 Å². The first-order chi connectivity index (χ1) is 14.2. The molecule has 7 nitrogen and oxygen atoms in total. The maximum absolute atomic E-state index is 14.8. The zero-order valence-corrected chi connectivity index (χ0v) is 17.6. The largest absolute Gasteiger partial charge is 0.442 e. The zero-order chi connectivity index (χ0) is 21.9. The van der Waals surface area contributed by atoms with Gasteiger partial charge in [-0.3, -0.25) is 14.3 Å². The van der Waals surface area contributed by atoms with E-state index in [1.807, 2.05) is 0 Å². The summed E-state index contributed by atoms with van der Waals surface area (Å²) in [6.45, 7) is 5.26. The van der Waals surface area contributed by atoms with Gasteiger partial charge in [-0.1, -0.05) is 6.08 Å². The number of anilines is 1. The fourth-order valence-electron chi connectivity index (χ4n) is 3.78. The highest BCUT2D eigenvalue weighted by molar-refractivity contribution is 7.59. The Hall–Kier alpha value is -2.25. The number of rotatable bonds is 7. The van der Waals surface area contributed by atoms with Crippen molar-refractivity contribution < 1.29 is 32.2 Å². The minimum Gasteiger partial charge on any atom is -0.442 e. The molecule has 0 aliphatic carbocycles. The van der Waals surface area contributed by atoms with Gasteiger partial charge >= 0.3 is 6.09 Å². The average molecular weight is 442 g/mol. The van der Waals surface area contributed by atoms with Crippen molar-refractivity contribution in [1.82, 2.24) is 5.32 Å². The van der Waals surface area contributed by atoms with E-state index in [4.69, 9.17) is 9.26 Å². The van der Waals surface area contributed by atoms with Crippen molar-refractivity contribution in [3.63, 3.8) is 0 Å². The van der Waals surface area contributed by atoms with Crippen molar-refractivity contribution in [3.8, 4) is 0 Å². The van der Waals surface area contributed by atoms with Crippen molar-refractivity contribution in [2.75, 3.05) is 36.9 Å². The highest BCUT2D eigenvalue weighted by Gasteiger charge is 2.36. The lowest BCUT2D eigenvalue weighted by Crippen LogP contribution is -2.33. The average Bonchev–Trinajstić information content (AvgIpc) is 3.06. The van der Waals surface area contributed by atoms with Crippen LogP contribution < -0.4 is 10.2 Å². The van der Waals surface area contributed by atoms with Crippen molar-refractivity contribution in [2.24, 2.45) is 0 Å². The number of nitrogens with zero attached hydrogens (tertiary/aromatic N) is 1. The van der Waals surface area contributed by atoms with Crippen molar-refractivity contribution in [2.45, 2.75) is 31.8 Å². The van der Waals surface area contributed by atoms with E-state index in [9.17, 15) is 22.9 Å². The maximum Gasteiger partial charge on any atom is 0.414 e. The van der Waals surface area contributed by atoms with E-state index in [2.05, 4.69) is 11.9 Å². The molecule has 0 radical (unpaired) electrons. The van der Waals surface area contributed by atoms with Crippen LogP contribution >= 0.6 is 7.37 Å². The Labute approximate surface area is 173 Å². The zero-order valence-electron chi connectivity index (χ0n) is 16.7. The van der Waals surface area contributed by atoms with Crippen molar-refractivity contribution in [1.29, 1.82) is 0 Å². The number of hydrogen-bond acceptors (Lipinski definition) is 5. The van der Waals surface area contributed by atoms with Gasteiger partial charge in [-0.25, -0.2) is 13.6 Å². The van der Waals surface area contributed by atoms with Gasteiger partial charge in [-0.15, -0.1) is 6.58 Å². The molecule has 0 unspecified atom stereocenters. The van der Waals surface area contributed by atoms with Crippen molar-refractivity contribution in [3.05, 3.63) is 42.0 Å². The molecule has 30 heavy (non-hydrogen) atoms. The van der Waals surface area contributed by atoms with Gasteiger partial charge < -0.3 is 14.6 Å². The molecule has 0 saturated carbocycles. The molecule has 2 aliphatic rings. The number of hydrogen-bond donors (Lipinski definition) is 1. The lowest BCUT2D eigenvalue weighted by Gasteiger charge is -2.29. The van der Waals surface area contributed by atoms with Crippen LogP contribution in [0.4, 0.5) is 19.3 Å². The first-order valence-electron chi connectivity index (χ1n) is 9.77. The molecule has 2 heterocycles. The number of halogens is 2. The van der Waals surface area contributed by atoms with E-state index in [-0.39, 0.29) is 49.2 Å². The number of ether oxygens (including phenoxy) is 1. The summed E-state index contributed by atoms with van der Waals surface area (Å²) in [7, 11) is -2.79. The van der Waals surface area contributed by atoms with Gasteiger partial charge in [-0.2, -0.15) is 0 Å². The van der Waals surface area contributed by atoms with Crippen LogP contribution in [0.5, 0.6) is 0 Å². The molecule has 1 N–H and O–H groups in total. The van der Waals surface area contributed by atoms with Crippen LogP contribution in [0, 0.1) is 11.6 Å². The number of carbonyl (C=O) groups excluding carboxylic acids is 2. The van der Waals surface area contributed by atoms with Gasteiger partial charge in [0.15, 0.2) is 0 Å². The minimum absolute atomic E-state index is 0.0554. The molecule has 0 bridgehead atoms. The van der Waals surface area contributed by atoms with Crippen LogP contribution in [0.15, 0.2) is 24.8 Å². The monoisotopic (exact) mass is 442 g/mol. The van der Waals surface area contributed by atoms with Gasteiger partial charge in [0.1, 0.15) is 17.7 Å². The molecule has 2 saturated heterocycles. The van der Waals surface area contributed by atoms with Crippen molar-refractivity contribution >= 4 is 25.1 Å². The molecule has 3 rings (SSSR count). The summed E-state index contributed by atoms with van der Waals surface area (Å²) in [5.74, 6) is -2.18. The van der Waals surface area contributed by atoms with E-state index in [0.29, 0.717) is 12.8 Å². The van der Waals surface area contributed by atoms with Crippen LogP contribution in [0.25, 0.3) is 0 Å². The summed E-state index contributed by atoms with van der Waals surface area (Å²) in [6, 6.07) is 2.23. The molecular weight excluding hydrogens is 417 g/mol. The van der Waals surface area contributed by atoms with Crippen LogP contribution in [0.2, 0.25) is 0 Å². The molecule has 10 heteroatoms. The second kappa shape index (κ2) is 9.27.